The Morgan fingerprint density at radius 2 is 1.66 bits per heavy atom. The zero-order chi connectivity index (χ0) is 20.8. The van der Waals surface area contributed by atoms with Crippen LogP contribution >= 0.6 is 0 Å². The lowest BCUT2D eigenvalue weighted by molar-refractivity contribution is 0.229. The molecule has 0 fully saturated rings. The van der Waals surface area contributed by atoms with Gasteiger partial charge < -0.3 is 4.57 Å². The van der Waals surface area contributed by atoms with Crippen LogP contribution in [0.1, 0.15) is 42.7 Å². The summed E-state index contributed by atoms with van der Waals surface area (Å²) < 4.78 is 30.7. The normalized spacial score (nSPS) is 11.6. The van der Waals surface area contributed by atoms with Gasteiger partial charge in [0.15, 0.2) is 0 Å². The van der Waals surface area contributed by atoms with E-state index >= 15 is 0 Å². The Kier molecular flexibility index (Phi) is 7.21. The van der Waals surface area contributed by atoms with Gasteiger partial charge >= 0.3 is 0 Å². The van der Waals surface area contributed by atoms with Crippen LogP contribution in [0.5, 0.6) is 0 Å². The first-order valence-corrected chi connectivity index (χ1v) is 10.3. The highest BCUT2D eigenvalue weighted by atomic mass is 19.1. The molecule has 0 bridgehead atoms. The minimum atomic E-state index is -0.477. The lowest BCUT2D eigenvalue weighted by atomic mass is 10.1. The predicted octanol–water partition coefficient (Wildman–Crippen LogP) is 6.17. The van der Waals surface area contributed by atoms with Gasteiger partial charge in [-0.25, -0.2) is 8.78 Å². The maximum Gasteiger partial charge on any atom is 0.130 e. The number of hydrogen-bond donors (Lipinski definition) is 0. The third-order valence-corrected chi connectivity index (χ3v) is 5.21. The smallest absolute Gasteiger partial charge is 0.130 e. The number of halogens is 2. The van der Waals surface area contributed by atoms with Gasteiger partial charge in [0.2, 0.25) is 0 Å². The van der Waals surface area contributed by atoms with Gasteiger partial charge in [0, 0.05) is 37.1 Å². The zero-order valence-corrected chi connectivity index (χ0v) is 17.5. The molecule has 3 aromatic rings. The van der Waals surface area contributed by atoms with Crippen LogP contribution in [0, 0.1) is 24.5 Å². The first-order valence-electron chi connectivity index (χ1n) is 10.3. The van der Waals surface area contributed by atoms with E-state index in [4.69, 9.17) is 0 Å². The third-order valence-electron chi connectivity index (χ3n) is 5.21. The van der Waals surface area contributed by atoms with Gasteiger partial charge in [-0.3, -0.25) is 4.90 Å². The molecule has 4 heteroatoms. The molecule has 0 unspecified atom stereocenters. The number of rotatable bonds is 9. The van der Waals surface area contributed by atoms with E-state index in [-0.39, 0.29) is 12.1 Å². The highest BCUT2D eigenvalue weighted by Crippen LogP contribution is 2.19. The van der Waals surface area contributed by atoms with Crippen molar-refractivity contribution >= 4 is 0 Å². The summed E-state index contributed by atoms with van der Waals surface area (Å²) in [5, 5.41) is 0. The van der Waals surface area contributed by atoms with Crippen molar-refractivity contribution in [1.29, 1.82) is 0 Å². The van der Waals surface area contributed by atoms with E-state index in [9.17, 15) is 8.78 Å². The molecule has 0 N–H and O–H groups in total. The Morgan fingerprint density at radius 3 is 2.34 bits per heavy atom. The Bertz CT molecular complexity index is 910. The molecule has 0 amide bonds. The fourth-order valence-electron chi connectivity index (χ4n) is 3.55. The second-order valence-electron chi connectivity index (χ2n) is 8.21. The summed E-state index contributed by atoms with van der Waals surface area (Å²) in [7, 11) is 0. The van der Waals surface area contributed by atoms with E-state index in [0.29, 0.717) is 12.5 Å². The van der Waals surface area contributed by atoms with Crippen molar-refractivity contribution in [2.75, 3.05) is 6.54 Å². The van der Waals surface area contributed by atoms with E-state index < -0.39 is 11.6 Å². The Balaban J connectivity index is 1.78. The van der Waals surface area contributed by atoms with Crippen LogP contribution in [0.15, 0.2) is 60.8 Å². The molecule has 154 valence electrons. The van der Waals surface area contributed by atoms with Crippen molar-refractivity contribution in [3.8, 4) is 0 Å². The number of nitrogens with zero attached hydrogens (tertiary/aromatic N) is 2. The number of hydrogen-bond acceptors (Lipinski definition) is 1. The fourth-order valence-corrected chi connectivity index (χ4v) is 3.55. The van der Waals surface area contributed by atoms with Crippen LogP contribution in [0.25, 0.3) is 0 Å². The van der Waals surface area contributed by atoms with Crippen LogP contribution in [0.3, 0.4) is 0 Å². The molecule has 0 spiro atoms. The van der Waals surface area contributed by atoms with Crippen molar-refractivity contribution in [3.05, 3.63) is 94.8 Å². The topological polar surface area (TPSA) is 8.17 Å². The number of benzene rings is 2. The molecule has 1 heterocycles. The van der Waals surface area contributed by atoms with Crippen molar-refractivity contribution in [3.63, 3.8) is 0 Å². The second kappa shape index (κ2) is 9.84. The Labute approximate surface area is 172 Å². The molecule has 2 aromatic carbocycles. The van der Waals surface area contributed by atoms with E-state index in [1.165, 1.54) is 29.3 Å². The van der Waals surface area contributed by atoms with E-state index in [2.05, 4.69) is 66.8 Å². The molecule has 0 aliphatic heterocycles. The second-order valence-corrected chi connectivity index (χ2v) is 8.21. The zero-order valence-electron chi connectivity index (χ0n) is 17.5. The summed E-state index contributed by atoms with van der Waals surface area (Å²) >= 11 is 0. The summed E-state index contributed by atoms with van der Waals surface area (Å²) in [4.78, 5) is 2.14. The fraction of sp³-hybridized carbons (Fsp3) is 0.360. The van der Waals surface area contributed by atoms with Gasteiger partial charge in [-0.15, -0.1) is 0 Å². The largest absolute Gasteiger partial charge is 0.346 e. The molecule has 29 heavy (non-hydrogen) atoms. The molecule has 3 rings (SSSR count). The molecule has 0 saturated carbocycles. The van der Waals surface area contributed by atoms with E-state index in [1.54, 1.807) is 0 Å². The molecule has 0 aliphatic carbocycles. The maximum absolute atomic E-state index is 14.2. The lowest BCUT2D eigenvalue weighted by Crippen LogP contribution is -2.27. The van der Waals surface area contributed by atoms with Gasteiger partial charge in [-0.1, -0.05) is 49.7 Å². The average Bonchev–Trinajstić information content (AvgIpc) is 3.09. The molecule has 2 nitrogen and oxygen atoms in total. The highest BCUT2D eigenvalue weighted by Gasteiger charge is 2.16. The molecule has 0 radical (unpaired) electrons. The van der Waals surface area contributed by atoms with E-state index in [1.807, 2.05) is 6.07 Å². The van der Waals surface area contributed by atoms with Crippen LogP contribution in [0.2, 0.25) is 0 Å². The predicted molar refractivity (Wildman–Crippen MR) is 115 cm³/mol. The minimum absolute atomic E-state index is 0.146. The van der Waals surface area contributed by atoms with Gasteiger partial charge in [0.1, 0.15) is 11.6 Å². The summed E-state index contributed by atoms with van der Waals surface area (Å²) in [6, 6.07) is 16.7. The Morgan fingerprint density at radius 1 is 0.931 bits per heavy atom. The van der Waals surface area contributed by atoms with Gasteiger partial charge in [0.25, 0.3) is 0 Å². The van der Waals surface area contributed by atoms with Gasteiger partial charge in [-0.05, 0) is 55.6 Å². The summed E-state index contributed by atoms with van der Waals surface area (Å²) in [6.07, 6.45) is 3.05. The minimum Gasteiger partial charge on any atom is -0.346 e. The quantitative estimate of drug-likeness (QED) is 0.420. The maximum atomic E-state index is 14.2. The average molecular weight is 397 g/mol. The summed E-state index contributed by atoms with van der Waals surface area (Å²) in [5.41, 5.74) is 3.78. The highest BCUT2D eigenvalue weighted by molar-refractivity contribution is 5.24. The van der Waals surface area contributed by atoms with E-state index in [0.717, 1.165) is 25.2 Å². The van der Waals surface area contributed by atoms with Crippen molar-refractivity contribution in [1.82, 2.24) is 9.47 Å². The molecule has 0 aliphatic rings. The molecular formula is C25H30F2N2. The number of aryl methyl sites for hydroxylation is 1. The van der Waals surface area contributed by atoms with Crippen LogP contribution in [-0.4, -0.2) is 16.0 Å². The SMILES string of the molecule is Cc1cccc(Cn2cccc2CN(CCC(C)C)Cc2c(F)cccc2F)c1. The standard InChI is InChI=1S/C25H30F2N2/c1-19(2)12-14-28(18-23-24(26)10-5-11-25(23)27)17-22-9-6-13-29(22)16-21-8-4-7-20(3)15-21/h4-11,13,15,19H,12,14,16-18H2,1-3H3. The van der Waals surface area contributed by atoms with Gasteiger partial charge in [0.05, 0.1) is 0 Å². The Hall–Kier alpha value is -2.46. The molecular weight excluding hydrogens is 366 g/mol. The summed E-state index contributed by atoms with van der Waals surface area (Å²) in [5.74, 6) is -0.425. The first-order chi connectivity index (χ1) is 13.9. The first kappa shape index (κ1) is 21.3. The van der Waals surface area contributed by atoms with Gasteiger partial charge in [-0.2, -0.15) is 0 Å². The number of aromatic nitrogens is 1. The van der Waals surface area contributed by atoms with Crippen LogP contribution < -0.4 is 0 Å². The molecule has 1 aromatic heterocycles. The third kappa shape index (κ3) is 6.01. The van der Waals surface area contributed by atoms with Crippen LogP contribution in [0.4, 0.5) is 8.78 Å². The van der Waals surface area contributed by atoms with Crippen LogP contribution in [-0.2, 0) is 19.6 Å². The molecule has 0 atom stereocenters. The monoisotopic (exact) mass is 396 g/mol. The summed E-state index contributed by atoms with van der Waals surface area (Å²) in [6.45, 7) is 8.93. The van der Waals surface area contributed by atoms with Crippen molar-refractivity contribution in [2.45, 2.75) is 46.8 Å². The molecule has 0 saturated heterocycles. The van der Waals surface area contributed by atoms with Crippen molar-refractivity contribution in [2.24, 2.45) is 5.92 Å². The lowest BCUT2D eigenvalue weighted by Gasteiger charge is -2.25. The van der Waals surface area contributed by atoms with Crippen molar-refractivity contribution < 1.29 is 8.78 Å².